The highest BCUT2D eigenvalue weighted by atomic mass is 16.7. The van der Waals surface area contributed by atoms with Gasteiger partial charge in [0.15, 0.2) is 6.29 Å². The highest BCUT2D eigenvalue weighted by Crippen LogP contribution is 2.24. The molecule has 1 heterocycles. The van der Waals surface area contributed by atoms with Crippen molar-refractivity contribution in [3.05, 3.63) is 10.4 Å². The predicted octanol–water partition coefficient (Wildman–Crippen LogP) is -0.328. The summed E-state index contributed by atoms with van der Waals surface area (Å²) in [6.07, 6.45) is -5.11. The normalized spacial score (nSPS) is 34.2. The number of aliphatic hydroxyl groups is 4. The number of nitrogens with zero attached hydrogens (tertiary/aromatic N) is 3. The van der Waals surface area contributed by atoms with Gasteiger partial charge in [0.2, 0.25) is 0 Å². The highest BCUT2D eigenvalue weighted by molar-refractivity contribution is 4.91. The van der Waals surface area contributed by atoms with E-state index in [0.717, 1.165) is 12.8 Å². The van der Waals surface area contributed by atoms with E-state index in [1.807, 2.05) is 0 Å². The van der Waals surface area contributed by atoms with Crippen molar-refractivity contribution in [2.75, 3.05) is 13.2 Å². The van der Waals surface area contributed by atoms with Crippen molar-refractivity contribution in [3.63, 3.8) is 0 Å². The molecule has 6 atom stereocenters. The summed E-state index contributed by atoms with van der Waals surface area (Å²) in [5, 5.41) is 42.1. The van der Waals surface area contributed by atoms with E-state index in [1.165, 1.54) is 6.92 Å². The van der Waals surface area contributed by atoms with E-state index in [9.17, 15) is 20.4 Å². The molecule has 0 spiro atoms. The van der Waals surface area contributed by atoms with Crippen LogP contribution >= 0.6 is 0 Å². The first-order chi connectivity index (χ1) is 9.99. The number of aliphatic hydroxyl groups excluding tert-OH is 4. The highest BCUT2D eigenvalue weighted by Gasteiger charge is 2.45. The van der Waals surface area contributed by atoms with Crippen molar-refractivity contribution in [1.82, 2.24) is 0 Å². The average molecular weight is 305 g/mol. The maximum absolute atomic E-state index is 9.78. The lowest BCUT2D eigenvalue weighted by Gasteiger charge is -2.41. The second-order valence-corrected chi connectivity index (χ2v) is 5.07. The van der Waals surface area contributed by atoms with Crippen LogP contribution in [-0.4, -0.2) is 70.4 Å². The zero-order chi connectivity index (χ0) is 15.8. The van der Waals surface area contributed by atoms with Crippen molar-refractivity contribution in [3.8, 4) is 0 Å². The van der Waals surface area contributed by atoms with E-state index >= 15 is 0 Å². The van der Waals surface area contributed by atoms with Crippen LogP contribution in [0.25, 0.3) is 10.4 Å². The molecule has 0 radical (unpaired) electrons. The minimum absolute atomic E-state index is 0.285. The smallest absolute Gasteiger partial charge is 0.186 e. The third-order valence-electron chi connectivity index (χ3n) is 3.33. The fourth-order valence-electron chi connectivity index (χ4n) is 2.12. The largest absolute Gasteiger partial charge is 0.391 e. The second kappa shape index (κ2) is 9.16. The molecule has 1 fully saturated rings. The molecule has 1 saturated heterocycles. The summed E-state index contributed by atoms with van der Waals surface area (Å²) in [7, 11) is 0. The minimum atomic E-state index is -1.44. The van der Waals surface area contributed by atoms with Crippen molar-refractivity contribution in [1.29, 1.82) is 0 Å². The second-order valence-electron chi connectivity index (χ2n) is 5.07. The van der Waals surface area contributed by atoms with Crippen LogP contribution in [0.5, 0.6) is 0 Å². The Bertz CT molecular complexity index is 350. The van der Waals surface area contributed by atoms with Crippen LogP contribution in [0.1, 0.15) is 26.2 Å². The molecule has 9 heteroatoms. The van der Waals surface area contributed by atoms with Gasteiger partial charge in [-0.15, -0.1) is 0 Å². The Morgan fingerprint density at radius 3 is 2.52 bits per heavy atom. The fourth-order valence-corrected chi connectivity index (χ4v) is 2.12. The van der Waals surface area contributed by atoms with Crippen LogP contribution in [0.3, 0.4) is 0 Å². The molecule has 6 unspecified atom stereocenters. The molecular weight excluding hydrogens is 282 g/mol. The Labute approximate surface area is 122 Å². The summed E-state index contributed by atoms with van der Waals surface area (Å²) >= 11 is 0. The van der Waals surface area contributed by atoms with Gasteiger partial charge in [-0.25, -0.2) is 0 Å². The van der Waals surface area contributed by atoms with Gasteiger partial charge in [0.05, 0.1) is 6.10 Å². The summed E-state index contributed by atoms with van der Waals surface area (Å²) < 4.78 is 10.6. The molecule has 9 nitrogen and oxygen atoms in total. The molecule has 0 aromatic carbocycles. The molecule has 0 aromatic rings. The van der Waals surface area contributed by atoms with Crippen LogP contribution < -0.4 is 0 Å². The van der Waals surface area contributed by atoms with Crippen molar-refractivity contribution in [2.45, 2.75) is 63.0 Å². The SMILES string of the molecule is CC(O)C1OC(OCCCCCN=[N+]=[N-])C(O)C(O)C1O. The molecule has 1 rings (SSSR count). The van der Waals surface area contributed by atoms with Crippen molar-refractivity contribution < 1.29 is 29.9 Å². The van der Waals surface area contributed by atoms with Crippen LogP contribution in [0.4, 0.5) is 0 Å². The van der Waals surface area contributed by atoms with Gasteiger partial charge in [0.25, 0.3) is 0 Å². The maximum atomic E-state index is 9.78. The molecule has 0 bridgehead atoms. The maximum Gasteiger partial charge on any atom is 0.186 e. The Morgan fingerprint density at radius 2 is 1.90 bits per heavy atom. The number of azide groups is 1. The molecule has 4 N–H and O–H groups in total. The Hall–Kier alpha value is -0.930. The Kier molecular flexibility index (Phi) is 7.91. The summed E-state index contributed by atoms with van der Waals surface area (Å²) in [6.45, 7) is 2.13. The molecule has 1 aliphatic rings. The molecule has 0 aromatic heterocycles. The lowest BCUT2D eigenvalue weighted by molar-refractivity contribution is -0.308. The third-order valence-corrected chi connectivity index (χ3v) is 3.33. The first-order valence-electron chi connectivity index (χ1n) is 6.99. The standard InChI is InChI=1S/C12H23N3O6/c1-7(16)11-9(18)8(17)10(19)12(21-11)20-6-4-2-3-5-14-15-13/h7-12,16-19H,2-6H2,1H3. The number of ether oxygens (including phenoxy) is 2. The molecule has 0 saturated carbocycles. The quantitative estimate of drug-likeness (QED) is 0.209. The van der Waals surface area contributed by atoms with Crippen LogP contribution in [0.15, 0.2) is 5.11 Å². The van der Waals surface area contributed by atoms with E-state index in [4.69, 9.17) is 15.0 Å². The fraction of sp³-hybridized carbons (Fsp3) is 1.00. The summed E-state index contributed by atoms with van der Waals surface area (Å²) in [5.74, 6) is 0. The zero-order valence-corrected chi connectivity index (χ0v) is 11.9. The number of rotatable bonds is 8. The average Bonchev–Trinajstić information content (AvgIpc) is 2.45. The van der Waals surface area contributed by atoms with Crippen LogP contribution in [0.2, 0.25) is 0 Å². The van der Waals surface area contributed by atoms with E-state index in [2.05, 4.69) is 10.0 Å². The number of hydrogen-bond donors (Lipinski definition) is 4. The summed E-state index contributed by atoms with van der Waals surface area (Å²) in [5.41, 5.74) is 8.11. The van der Waals surface area contributed by atoms with Gasteiger partial charge in [0, 0.05) is 18.1 Å². The molecule has 122 valence electrons. The molecule has 0 amide bonds. The van der Waals surface area contributed by atoms with Gasteiger partial charge >= 0.3 is 0 Å². The molecule has 21 heavy (non-hydrogen) atoms. The Morgan fingerprint density at radius 1 is 1.19 bits per heavy atom. The zero-order valence-electron chi connectivity index (χ0n) is 11.9. The van der Waals surface area contributed by atoms with Crippen molar-refractivity contribution >= 4 is 0 Å². The predicted molar refractivity (Wildman–Crippen MR) is 72.2 cm³/mol. The van der Waals surface area contributed by atoms with Crippen LogP contribution in [0, 0.1) is 0 Å². The van der Waals surface area contributed by atoms with Crippen LogP contribution in [-0.2, 0) is 9.47 Å². The molecule has 0 aliphatic carbocycles. The summed E-state index contributed by atoms with van der Waals surface area (Å²) in [6, 6.07) is 0. The summed E-state index contributed by atoms with van der Waals surface area (Å²) in [4.78, 5) is 2.64. The first kappa shape index (κ1) is 18.1. The first-order valence-corrected chi connectivity index (χ1v) is 6.99. The Balaban J connectivity index is 2.34. The number of hydrogen-bond acceptors (Lipinski definition) is 7. The van der Waals surface area contributed by atoms with E-state index in [-0.39, 0.29) is 6.61 Å². The molecule has 1 aliphatic heterocycles. The minimum Gasteiger partial charge on any atom is -0.391 e. The van der Waals surface area contributed by atoms with Crippen molar-refractivity contribution in [2.24, 2.45) is 5.11 Å². The van der Waals surface area contributed by atoms with Gasteiger partial charge in [-0.05, 0) is 25.3 Å². The van der Waals surface area contributed by atoms with E-state index in [1.54, 1.807) is 0 Å². The van der Waals surface area contributed by atoms with Gasteiger partial charge in [-0.3, -0.25) is 0 Å². The van der Waals surface area contributed by atoms with Gasteiger partial charge in [-0.2, -0.15) is 0 Å². The monoisotopic (exact) mass is 305 g/mol. The lowest BCUT2D eigenvalue weighted by atomic mass is 9.96. The van der Waals surface area contributed by atoms with Gasteiger partial charge in [0.1, 0.15) is 24.4 Å². The van der Waals surface area contributed by atoms with E-state index < -0.39 is 36.8 Å². The topological polar surface area (TPSA) is 148 Å². The van der Waals surface area contributed by atoms with E-state index in [0.29, 0.717) is 13.0 Å². The number of unbranched alkanes of at least 4 members (excludes halogenated alkanes) is 2. The third kappa shape index (κ3) is 5.40. The van der Waals surface area contributed by atoms with Gasteiger partial charge < -0.3 is 29.9 Å². The lowest BCUT2D eigenvalue weighted by Crippen LogP contribution is -2.60. The van der Waals surface area contributed by atoms with Gasteiger partial charge in [-0.1, -0.05) is 11.5 Å². The molecular formula is C12H23N3O6.